The summed E-state index contributed by atoms with van der Waals surface area (Å²) in [7, 11) is 0. The Labute approximate surface area is 183 Å². The lowest BCUT2D eigenvalue weighted by molar-refractivity contribution is 1.04. The number of nitrogens with one attached hydrogen (secondary N) is 2. The van der Waals surface area contributed by atoms with Crippen molar-refractivity contribution in [1.82, 2.24) is 34.7 Å². The van der Waals surface area contributed by atoms with Crippen LogP contribution in [0.4, 0.5) is 0 Å². The summed E-state index contributed by atoms with van der Waals surface area (Å²) in [6.07, 6.45) is 13.1. The minimum atomic E-state index is 0.452. The molecule has 5 aromatic rings. The van der Waals surface area contributed by atoms with Crippen LogP contribution < -0.4 is 0 Å². The van der Waals surface area contributed by atoms with E-state index in [2.05, 4.69) is 65.2 Å². The normalized spacial score (nSPS) is 16.8. The van der Waals surface area contributed by atoms with E-state index < -0.39 is 0 Å². The van der Waals surface area contributed by atoms with Crippen LogP contribution in [0.1, 0.15) is 29.3 Å². The van der Waals surface area contributed by atoms with Crippen LogP contribution in [0.15, 0.2) is 73.0 Å². The van der Waals surface area contributed by atoms with E-state index in [1.807, 2.05) is 37.6 Å². The van der Waals surface area contributed by atoms with Crippen LogP contribution in [0, 0.1) is 6.92 Å². The molecular weight excluding hydrogens is 398 g/mol. The molecule has 7 rings (SSSR count). The number of nitrogens with zero attached hydrogens (tertiary/aromatic N) is 5. The predicted molar refractivity (Wildman–Crippen MR) is 123 cm³/mol. The number of rotatable bonds is 3. The molecule has 154 valence electrons. The van der Waals surface area contributed by atoms with E-state index in [9.17, 15) is 0 Å². The van der Waals surface area contributed by atoms with Crippen LogP contribution in [0.2, 0.25) is 0 Å². The number of aromatic nitrogens is 7. The van der Waals surface area contributed by atoms with Gasteiger partial charge in [-0.15, -0.1) is 0 Å². The van der Waals surface area contributed by atoms with Gasteiger partial charge in [0, 0.05) is 35.0 Å². The third-order valence-corrected chi connectivity index (χ3v) is 6.27. The number of pyridine rings is 2. The first-order valence-corrected chi connectivity index (χ1v) is 10.7. The van der Waals surface area contributed by atoms with Gasteiger partial charge in [-0.1, -0.05) is 17.7 Å². The maximum absolute atomic E-state index is 4.64. The van der Waals surface area contributed by atoms with E-state index in [0.29, 0.717) is 5.92 Å². The van der Waals surface area contributed by atoms with E-state index in [-0.39, 0.29) is 0 Å². The van der Waals surface area contributed by atoms with E-state index in [1.165, 1.54) is 16.8 Å². The molecule has 1 atom stereocenters. The first-order valence-electron chi connectivity index (χ1n) is 10.7. The zero-order valence-corrected chi connectivity index (χ0v) is 17.4. The zero-order valence-electron chi connectivity index (χ0n) is 17.4. The van der Waals surface area contributed by atoms with Crippen LogP contribution in [0.3, 0.4) is 0 Å². The Hall–Kier alpha value is -4.26. The highest BCUT2D eigenvalue weighted by atomic mass is 15.1. The minimum Gasteiger partial charge on any atom is -0.356 e. The molecule has 2 aliphatic rings. The lowest BCUT2D eigenvalue weighted by Gasteiger charge is -2.07. The van der Waals surface area contributed by atoms with E-state index in [0.717, 1.165) is 51.5 Å². The summed E-state index contributed by atoms with van der Waals surface area (Å²) in [5, 5.41) is 8.79. The molecule has 0 bridgehead atoms. The Bertz CT molecular complexity index is 1560. The van der Waals surface area contributed by atoms with Crippen molar-refractivity contribution < 1.29 is 0 Å². The largest absolute Gasteiger partial charge is 0.356 e. The lowest BCUT2D eigenvalue weighted by Crippen LogP contribution is -1.97. The van der Waals surface area contributed by atoms with Gasteiger partial charge in [0.1, 0.15) is 5.69 Å². The van der Waals surface area contributed by atoms with Gasteiger partial charge in [0.15, 0.2) is 0 Å². The van der Waals surface area contributed by atoms with E-state index >= 15 is 0 Å². The smallest absolute Gasteiger partial charge is 0.116 e. The second-order valence-corrected chi connectivity index (χ2v) is 8.39. The molecule has 2 N–H and O–H groups in total. The van der Waals surface area contributed by atoms with Gasteiger partial charge in [0.05, 0.1) is 46.5 Å². The molecule has 0 saturated heterocycles. The third-order valence-electron chi connectivity index (χ3n) is 6.27. The minimum absolute atomic E-state index is 0.452. The van der Waals surface area contributed by atoms with Crippen molar-refractivity contribution in [3.63, 3.8) is 0 Å². The van der Waals surface area contributed by atoms with Crippen molar-refractivity contribution in [2.45, 2.75) is 19.3 Å². The molecule has 2 aliphatic carbocycles. The van der Waals surface area contributed by atoms with Crippen molar-refractivity contribution in [2.24, 2.45) is 0 Å². The third kappa shape index (κ3) is 2.61. The number of fused-ring (bicyclic) bond motifs is 4. The molecular formula is C25H19N7. The van der Waals surface area contributed by atoms with E-state index in [1.54, 1.807) is 6.20 Å². The van der Waals surface area contributed by atoms with Crippen LogP contribution in [-0.4, -0.2) is 34.7 Å². The molecule has 0 aromatic carbocycles. The number of hydrogen-bond donors (Lipinski definition) is 2. The standard InChI is InChI=1S/C25H19N7/c1-14-12-32(13-28-14)23-6-5-15-8-16(15)24-18(23)10-21(29-24)25-17-9-20(19-4-2-3-7-26-19)27-11-22(17)30-31-25/h2-7,9-13,16,29H,8H2,1H3,(H,30,31). The Kier molecular flexibility index (Phi) is 3.47. The van der Waals surface area contributed by atoms with Gasteiger partial charge in [0.25, 0.3) is 0 Å². The molecule has 5 aromatic heterocycles. The van der Waals surface area contributed by atoms with Gasteiger partial charge in [0.2, 0.25) is 0 Å². The second kappa shape index (κ2) is 6.37. The second-order valence-electron chi connectivity index (χ2n) is 8.39. The Morgan fingerprint density at radius 2 is 2.03 bits per heavy atom. The molecule has 1 unspecified atom stereocenters. The van der Waals surface area contributed by atoms with Crippen molar-refractivity contribution in [2.75, 3.05) is 0 Å². The van der Waals surface area contributed by atoms with Crippen molar-refractivity contribution >= 4 is 16.6 Å². The maximum Gasteiger partial charge on any atom is 0.116 e. The van der Waals surface area contributed by atoms with Crippen LogP contribution in [0.5, 0.6) is 0 Å². The number of aryl methyl sites for hydroxylation is 1. The van der Waals surface area contributed by atoms with Gasteiger partial charge in [-0.25, -0.2) is 4.98 Å². The summed E-state index contributed by atoms with van der Waals surface area (Å²) < 4.78 is 2.10. The average Bonchev–Trinajstić information content (AvgIpc) is 3.12. The molecule has 0 radical (unpaired) electrons. The summed E-state index contributed by atoms with van der Waals surface area (Å²) in [4.78, 5) is 17.1. The van der Waals surface area contributed by atoms with Gasteiger partial charge in [-0.2, -0.15) is 5.10 Å². The summed E-state index contributed by atoms with van der Waals surface area (Å²) in [6, 6.07) is 10.1. The molecule has 7 heteroatoms. The first kappa shape index (κ1) is 17.4. The van der Waals surface area contributed by atoms with Gasteiger partial charge < -0.3 is 9.55 Å². The number of aromatic amines is 2. The molecule has 32 heavy (non-hydrogen) atoms. The molecule has 5 heterocycles. The molecule has 0 aliphatic heterocycles. The summed E-state index contributed by atoms with van der Waals surface area (Å²) in [5.41, 5.74) is 10.5. The van der Waals surface area contributed by atoms with Crippen molar-refractivity contribution in [3.05, 3.63) is 89.9 Å². The maximum atomic E-state index is 4.64. The molecule has 0 amide bonds. The Morgan fingerprint density at radius 1 is 1.06 bits per heavy atom. The van der Waals surface area contributed by atoms with Gasteiger partial charge in [-0.3, -0.25) is 15.1 Å². The lowest BCUT2D eigenvalue weighted by atomic mass is 10.1. The summed E-state index contributed by atoms with van der Waals surface area (Å²) >= 11 is 0. The highest BCUT2D eigenvalue weighted by Crippen LogP contribution is 2.51. The fourth-order valence-electron chi connectivity index (χ4n) is 4.56. The van der Waals surface area contributed by atoms with Crippen LogP contribution in [-0.2, 0) is 0 Å². The average molecular weight is 417 g/mol. The van der Waals surface area contributed by atoms with Crippen molar-refractivity contribution in [3.8, 4) is 22.8 Å². The fraction of sp³-hybridized carbons (Fsp3) is 0.120. The SMILES string of the molecule is Cc1cn(C2=CC=C3CC3c3[nH]c(-c4n[nH]c5cnc(-c6ccccn6)cc45)cc32)cn1. The highest BCUT2D eigenvalue weighted by molar-refractivity contribution is 5.94. The quantitative estimate of drug-likeness (QED) is 0.440. The summed E-state index contributed by atoms with van der Waals surface area (Å²) in [5.74, 6) is 0.452. The zero-order chi connectivity index (χ0) is 21.2. The van der Waals surface area contributed by atoms with Gasteiger partial charge in [-0.05, 0) is 43.7 Å². The monoisotopic (exact) mass is 417 g/mol. The Morgan fingerprint density at radius 3 is 2.88 bits per heavy atom. The number of H-pyrrole nitrogens is 2. The molecule has 0 spiro atoms. The number of hydrogen-bond acceptors (Lipinski definition) is 4. The summed E-state index contributed by atoms with van der Waals surface area (Å²) in [6.45, 7) is 2.01. The van der Waals surface area contributed by atoms with Crippen LogP contribution in [0.25, 0.3) is 39.4 Å². The molecule has 1 fully saturated rings. The number of allylic oxidation sites excluding steroid dienone is 3. The topological polar surface area (TPSA) is 88.1 Å². The predicted octanol–water partition coefficient (Wildman–Crippen LogP) is 4.84. The highest BCUT2D eigenvalue weighted by Gasteiger charge is 2.37. The van der Waals surface area contributed by atoms with Gasteiger partial charge >= 0.3 is 0 Å². The molecule has 1 saturated carbocycles. The fourth-order valence-corrected chi connectivity index (χ4v) is 4.56. The number of imidazole rings is 1. The molecule has 7 nitrogen and oxygen atoms in total. The van der Waals surface area contributed by atoms with E-state index in [4.69, 9.17) is 0 Å². The first-order chi connectivity index (χ1) is 15.7. The van der Waals surface area contributed by atoms with Crippen molar-refractivity contribution in [1.29, 1.82) is 0 Å². The van der Waals surface area contributed by atoms with Crippen LogP contribution >= 0.6 is 0 Å². The Balaban J connectivity index is 1.38.